The fourth-order valence-corrected chi connectivity index (χ4v) is 3.30. The first-order valence-electron chi connectivity index (χ1n) is 8.17. The van der Waals surface area contributed by atoms with Crippen LogP contribution < -0.4 is 5.32 Å². The van der Waals surface area contributed by atoms with Gasteiger partial charge in [-0.05, 0) is 39.5 Å². The monoisotopic (exact) mass is 290 g/mol. The summed E-state index contributed by atoms with van der Waals surface area (Å²) in [7, 11) is 0. The van der Waals surface area contributed by atoms with E-state index in [4.69, 9.17) is 0 Å². The number of hydrogen-bond acceptors (Lipinski definition) is 3. The van der Waals surface area contributed by atoms with Gasteiger partial charge in [-0.15, -0.1) is 0 Å². The molecule has 21 heavy (non-hydrogen) atoms. The maximum absolute atomic E-state index is 12.4. The number of piperidine rings is 1. The van der Waals surface area contributed by atoms with Crippen molar-refractivity contribution in [2.75, 3.05) is 13.1 Å². The standard InChI is InChI=1S/C16H26N4O/c1-11-15(12(2)19-18-11)10-16(21)20-8-6-14(7-9-20)17-13-4-3-5-13/h13-14,17H,3-10H2,1-2H3,(H,18,19). The minimum Gasteiger partial charge on any atom is -0.342 e. The molecular weight excluding hydrogens is 264 g/mol. The quantitative estimate of drug-likeness (QED) is 0.887. The number of hydrogen-bond donors (Lipinski definition) is 2. The lowest BCUT2D eigenvalue weighted by Gasteiger charge is -2.37. The highest BCUT2D eigenvalue weighted by Crippen LogP contribution is 2.21. The average molecular weight is 290 g/mol. The minimum atomic E-state index is 0.240. The number of H-pyrrole nitrogens is 1. The Bertz CT molecular complexity index is 479. The molecule has 1 amide bonds. The summed E-state index contributed by atoms with van der Waals surface area (Å²) >= 11 is 0. The van der Waals surface area contributed by atoms with Gasteiger partial charge in [0, 0.05) is 36.4 Å². The van der Waals surface area contributed by atoms with Crippen molar-refractivity contribution in [1.29, 1.82) is 0 Å². The molecule has 1 saturated carbocycles. The summed E-state index contributed by atoms with van der Waals surface area (Å²) in [6.07, 6.45) is 6.70. The van der Waals surface area contributed by atoms with Crippen LogP contribution in [-0.2, 0) is 11.2 Å². The van der Waals surface area contributed by atoms with Crippen molar-refractivity contribution in [1.82, 2.24) is 20.4 Å². The number of amides is 1. The molecule has 0 atom stereocenters. The minimum absolute atomic E-state index is 0.240. The third kappa shape index (κ3) is 3.28. The number of likely N-dealkylation sites (tertiary alicyclic amines) is 1. The molecule has 0 radical (unpaired) electrons. The number of rotatable bonds is 4. The van der Waals surface area contributed by atoms with Crippen LogP contribution in [0.5, 0.6) is 0 Å². The third-order valence-electron chi connectivity index (χ3n) is 5.03. The smallest absolute Gasteiger partial charge is 0.227 e. The van der Waals surface area contributed by atoms with Gasteiger partial charge in [0.25, 0.3) is 0 Å². The summed E-state index contributed by atoms with van der Waals surface area (Å²) in [4.78, 5) is 14.4. The first kappa shape index (κ1) is 14.6. The average Bonchev–Trinajstić information content (AvgIpc) is 2.75. The molecule has 5 heteroatoms. The Morgan fingerprint density at radius 2 is 1.90 bits per heavy atom. The van der Waals surface area contributed by atoms with Gasteiger partial charge in [0.2, 0.25) is 5.91 Å². The Morgan fingerprint density at radius 3 is 2.43 bits per heavy atom. The molecule has 1 saturated heterocycles. The van der Waals surface area contributed by atoms with Crippen LogP contribution in [0, 0.1) is 13.8 Å². The second-order valence-electron chi connectivity index (χ2n) is 6.54. The summed E-state index contributed by atoms with van der Waals surface area (Å²) in [5, 5.41) is 10.9. The van der Waals surface area contributed by atoms with E-state index in [1.807, 2.05) is 18.7 Å². The number of nitrogens with zero attached hydrogens (tertiary/aromatic N) is 2. The summed E-state index contributed by atoms with van der Waals surface area (Å²) in [5.74, 6) is 0.240. The molecule has 3 rings (SSSR count). The molecular formula is C16H26N4O. The Balaban J connectivity index is 1.48. The van der Waals surface area contributed by atoms with Crippen molar-refractivity contribution in [2.24, 2.45) is 0 Å². The first-order valence-corrected chi connectivity index (χ1v) is 8.17. The van der Waals surface area contributed by atoms with E-state index in [1.165, 1.54) is 19.3 Å². The van der Waals surface area contributed by atoms with Crippen LogP contribution in [0.4, 0.5) is 0 Å². The van der Waals surface area contributed by atoms with Crippen LogP contribution in [0.3, 0.4) is 0 Å². The Hall–Kier alpha value is -1.36. The topological polar surface area (TPSA) is 61.0 Å². The summed E-state index contributed by atoms with van der Waals surface area (Å²) in [5.41, 5.74) is 3.03. The van der Waals surface area contributed by atoms with Gasteiger partial charge in [0.15, 0.2) is 0 Å². The maximum atomic E-state index is 12.4. The summed E-state index contributed by atoms with van der Waals surface area (Å²) < 4.78 is 0. The predicted molar refractivity (Wildman–Crippen MR) is 82.1 cm³/mol. The van der Waals surface area contributed by atoms with Gasteiger partial charge in [0.05, 0.1) is 12.1 Å². The molecule has 0 unspecified atom stereocenters. The molecule has 116 valence electrons. The number of carbonyl (C=O) groups excluding carboxylic acids is 1. The lowest BCUT2D eigenvalue weighted by Crippen LogP contribution is -2.49. The lowest BCUT2D eigenvalue weighted by molar-refractivity contribution is -0.131. The molecule has 1 aliphatic carbocycles. The highest BCUT2D eigenvalue weighted by atomic mass is 16.2. The van der Waals surface area contributed by atoms with E-state index in [0.29, 0.717) is 12.5 Å². The van der Waals surface area contributed by atoms with E-state index in [1.54, 1.807) is 0 Å². The van der Waals surface area contributed by atoms with Gasteiger partial charge in [-0.25, -0.2) is 0 Å². The lowest BCUT2D eigenvalue weighted by atomic mass is 9.91. The van der Waals surface area contributed by atoms with Crippen LogP contribution in [0.2, 0.25) is 0 Å². The largest absolute Gasteiger partial charge is 0.342 e. The molecule has 2 N–H and O–H groups in total. The van der Waals surface area contributed by atoms with Crippen molar-refractivity contribution in [3.05, 3.63) is 17.0 Å². The van der Waals surface area contributed by atoms with Crippen LogP contribution in [-0.4, -0.2) is 46.2 Å². The number of aromatic amines is 1. The molecule has 0 spiro atoms. The SMILES string of the molecule is Cc1n[nH]c(C)c1CC(=O)N1CCC(NC2CCC2)CC1. The van der Waals surface area contributed by atoms with Gasteiger partial charge in [-0.1, -0.05) is 6.42 Å². The van der Waals surface area contributed by atoms with Crippen molar-refractivity contribution in [2.45, 2.75) is 64.5 Å². The van der Waals surface area contributed by atoms with Crippen molar-refractivity contribution in [3.8, 4) is 0 Å². The molecule has 1 aromatic rings. The third-order valence-corrected chi connectivity index (χ3v) is 5.03. The van der Waals surface area contributed by atoms with Crippen molar-refractivity contribution >= 4 is 5.91 Å². The second-order valence-corrected chi connectivity index (χ2v) is 6.54. The Morgan fingerprint density at radius 1 is 1.24 bits per heavy atom. The fraction of sp³-hybridized carbons (Fsp3) is 0.750. The number of carbonyl (C=O) groups is 1. The van der Waals surface area contributed by atoms with E-state index in [-0.39, 0.29) is 5.91 Å². The van der Waals surface area contributed by atoms with Gasteiger partial charge >= 0.3 is 0 Å². The van der Waals surface area contributed by atoms with Gasteiger partial charge < -0.3 is 10.2 Å². The highest BCUT2D eigenvalue weighted by molar-refractivity contribution is 5.79. The zero-order valence-electron chi connectivity index (χ0n) is 13.1. The van der Waals surface area contributed by atoms with Crippen LogP contribution in [0.25, 0.3) is 0 Å². The van der Waals surface area contributed by atoms with Crippen LogP contribution in [0.15, 0.2) is 0 Å². The molecule has 0 aromatic carbocycles. The first-order chi connectivity index (χ1) is 10.1. The second kappa shape index (κ2) is 6.18. The van der Waals surface area contributed by atoms with Crippen molar-refractivity contribution < 1.29 is 4.79 Å². The number of aryl methyl sites for hydroxylation is 2. The maximum Gasteiger partial charge on any atom is 0.227 e. The Labute approximate surface area is 126 Å². The molecule has 5 nitrogen and oxygen atoms in total. The molecule has 1 aromatic heterocycles. The number of nitrogens with one attached hydrogen (secondary N) is 2. The summed E-state index contributed by atoms with van der Waals surface area (Å²) in [6.45, 7) is 5.72. The molecule has 1 aliphatic heterocycles. The zero-order valence-corrected chi connectivity index (χ0v) is 13.1. The van der Waals surface area contributed by atoms with Gasteiger partial charge in [0.1, 0.15) is 0 Å². The predicted octanol–water partition coefficient (Wildman–Crippen LogP) is 1.70. The zero-order chi connectivity index (χ0) is 14.8. The summed E-state index contributed by atoms with van der Waals surface area (Å²) in [6, 6.07) is 1.35. The van der Waals surface area contributed by atoms with E-state index in [2.05, 4.69) is 15.5 Å². The molecule has 2 fully saturated rings. The Kier molecular flexibility index (Phi) is 4.29. The molecule has 2 heterocycles. The molecule has 2 aliphatic rings. The van der Waals surface area contributed by atoms with E-state index in [0.717, 1.165) is 48.9 Å². The van der Waals surface area contributed by atoms with E-state index in [9.17, 15) is 4.79 Å². The van der Waals surface area contributed by atoms with Crippen molar-refractivity contribution in [3.63, 3.8) is 0 Å². The van der Waals surface area contributed by atoms with Gasteiger partial charge in [-0.2, -0.15) is 5.10 Å². The number of aromatic nitrogens is 2. The fourth-order valence-electron chi connectivity index (χ4n) is 3.30. The van der Waals surface area contributed by atoms with Crippen LogP contribution >= 0.6 is 0 Å². The molecule has 0 bridgehead atoms. The van der Waals surface area contributed by atoms with E-state index < -0.39 is 0 Å². The van der Waals surface area contributed by atoms with Gasteiger partial charge in [-0.3, -0.25) is 9.89 Å². The normalized spacial score (nSPS) is 20.6. The van der Waals surface area contributed by atoms with E-state index >= 15 is 0 Å². The van der Waals surface area contributed by atoms with Crippen LogP contribution in [0.1, 0.15) is 49.1 Å². The highest BCUT2D eigenvalue weighted by Gasteiger charge is 2.27.